The first-order chi connectivity index (χ1) is 11.1. The fraction of sp³-hybridized carbons (Fsp3) is 0.222. The van der Waals surface area contributed by atoms with Crippen LogP contribution in [0.4, 0.5) is 5.69 Å². The Labute approximate surface area is 134 Å². The van der Waals surface area contributed by atoms with Gasteiger partial charge in [-0.2, -0.15) is 0 Å². The van der Waals surface area contributed by atoms with Crippen molar-refractivity contribution in [2.24, 2.45) is 0 Å². The van der Waals surface area contributed by atoms with Gasteiger partial charge in [0.1, 0.15) is 12.4 Å². The topological polar surface area (TPSA) is 67.2 Å². The first kappa shape index (κ1) is 15.2. The molecule has 23 heavy (non-hydrogen) atoms. The number of benzene rings is 2. The average molecular weight is 309 g/mol. The molecule has 5 nitrogen and oxygen atoms in total. The summed E-state index contributed by atoms with van der Waals surface area (Å²) in [7, 11) is 0. The largest absolute Gasteiger partial charge is 0.388 e. The smallest absolute Gasteiger partial charge is 0.221 e. The molecule has 0 fully saturated rings. The lowest BCUT2D eigenvalue weighted by Crippen LogP contribution is -2.09. The minimum Gasteiger partial charge on any atom is -0.388 e. The molecule has 1 heterocycles. The fourth-order valence-corrected chi connectivity index (χ4v) is 2.79. The maximum Gasteiger partial charge on any atom is 0.221 e. The summed E-state index contributed by atoms with van der Waals surface area (Å²) in [6.45, 7) is 3.41. The number of carbonyl (C=O) groups excluding carboxylic acids is 1. The van der Waals surface area contributed by atoms with Gasteiger partial charge in [0, 0.05) is 18.3 Å². The second kappa shape index (κ2) is 6.22. The van der Waals surface area contributed by atoms with E-state index in [1.807, 2.05) is 54.0 Å². The van der Waals surface area contributed by atoms with E-state index < -0.39 is 0 Å². The van der Waals surface area contributed by atoms with E-state index in [1.165, 1.54) is 6.92 Å². The maximum absolute atomic E-state index is 11.3. The van der Waals surface area contributed by atoms with Crippen molar-refractivity contribution in [3.8, 4) is 5.69 Å². The van der Waals surface area contributed by atoms with E-state index in [4.69, 9.17) is 0 Å². The van der Waals surface area contributed by atoms with Crippen LogP contribution in [0.25, 0.3) is 16.7 Å². The van der Waals surface area contributed by atoms with Crippen LogP contribution >= 0.6 is 0 Å². The van der Waals surface area contributed by atoms with Crippen LogP contribution in [0.1, 0.15) is 25.2 Å². The number of amides is 1. The Balaban J connectivity index is 2.17. The predicted octanol–water partition coefficient (Wildman–Crippen LogP) is 3.04. The van der Waals surface area contributed by atoms with Gasteiger partial charge in [-0.3, -0.25) is 9.36 Å². The van der Waals surface area contributed by atoms with Crippen molar-refractivity contribution in [1.29, 1.82) is 0 Å². The van der Waals surface area contributed by atoms with E-state index in [0.717, 1.165) is 34.4 Å². The molecule has 3 rings (SSSR count). The molecule has 0 aliphatic carbocycles. The fourth-order valence-electron chi connectivity index (χ4n) is 2.79. The lowest BCUT2D eigenvalue weighted by atomic mass is 10.1. The highest BCUT2D eigenvalue weighted by molar-refractivity contribution is 5.90. The highest BCUT2D eigenvalue weighted by Crippen LogP contribution is 2.25. The van der Waals surface area contributed by atoms with Gasteiger partial charge in [-0.1, -0.05) is 19.1 Å². The van der Waals surface area contributed by atoms with Crippen molar-refractivity contribution < 1.29 is 9.90 Å². The molecular weight excluding hydrogens is 290 g/mol. The summed E-state index contributed by atoms with van der Waals surface area (Å²) < 4.78 is 1.95. The highest BCUT2D eigenvalue weighted by atomic mass is 16.3. The highest BCUT2D eigenvalue weighted by Gasteiger charge is 2.13. The summed E-state index contributed by atoms with van der Waals surface area (Å²) in [6, 6.07) is 13.6. The Morgan fingerprint density at radius 3 is 2.74 bits per heavy atom. The third-order valence-corrected chi connectivity index (χ3v) is 3.81. The van der Waals surface area contributed by atoms with Crippen LogP contribution in [-0.2, 0) is 17.8 Å². The second-order valence-corrected chi connectivity index (χ2v) is 5.39. The molecule has 2 N–H and O–H groups in total. The van der Waals surface area contributed by atoms with E-state index in [1.54, 1.807) is 0 Å². The number of carbonyl (C=O) groups is 1. The number of aliphatic hydroxyl groups excluding tert-OH is 1. The van der Waals surface area contributed by atoms with Crippen LogP contribution in [0.5, 0.6) is 0 Å². The standard InChI is InChI=1S/C18H19N3O2/c1-3-13-10-14(8-9-15(13)19-12(2)23)21-17-7-5-4-6-16(17)20-18(21)11-22/h4-10,22H,3,11H2,1-2H3,(H,19,23). The number of fused-ring (bicyclic) bond motifs is 1. The van der Waals surface area contributed by atoms with Gasteiger partial charge in [0.05, 0.1) is 11.0 Å². The summed E-state index contributed by atoms with van der Waals surface area (Å²) in [5.74, 6) is 0.511. The van der Waals surface area contributed by atoms with Crippen LogP contribution in [0, 0.1) is 0 Å². The Kier molecular flexibility index (Phi) is 4.12. The van der Waals surface area contributed by atoms with E-state index in [2.05, 4.69) is 10.3 Å². The molecule has 0 atom stereocenters. The van der Waals surface area contributed by atoms with Crippen LogP contribution in [0.3, 0.4) is 0 Å². The van der Waals surface area contributed by atoms with Crippen LogP contribution in [0.2, 0.25) is 0 Å². The molecule has 5 heteroatoms. The zero-order valence-corrected chi connectivity index (χ0v) is 13.2. The van der Waals surface area contributed by atoms with E-state index in [0.29, 0.717) is 5.82 Å². The zero-order chi connectivity index (χ0) is 16.4. The summed E-state index contributed by atoms with van der Waals surface area (Å²) in [5, 5.41) is 12.5. The molecule has 1 amide bonds. The van der Waals surface area contributed by atoms with Crippen molar-refractivity contribution in [3.63, 3.8) is 0 Å². The zero-order valence-electron chi connectivity index (χ0n) is 13.2. The Morgan fingerprint density at radius 1 is 1.26 bits per heavy atom. The first-order valence-corrected chi connectivity index (χ1v) is 7.62. The van der Waals surface area contributed by atoms with Gasteiger partial charge in [0.15, 0.2) is 0 Å². The molecule has 0 unspecified atom stereocenters. The number of rotatable bonds is 4. The number of anilines is 1. The number of nitrogens with zero attached hydrogens (tertiary/aromatic N) is 2. The van der Waals surface area contributed by atoms with Gasteiger partial charge in [-0.25, -0.2) is 4.98 Å². The monoisotopic (exact) mass is 309 g/mol. The molecule has 0 aliphatic heterocycles. The van der Waals surface area contributed by atoms with Crippen LogP contribution < -0.4 is 5.32 Å². The first-order valence-electron chi connectivity index (χ1n) is 7.62. The number of hydrogen-bond acceptors (Lipinski definition) is 3. The number of aliphatic hydroxyl groups is 1. The third kappa shape index (κ3) is 2.83. The van der Waals surface area contributed by atoms with Gasteiger partial charge < -0.3 is 10.4 Å². The molecule has 0 spiro atoms. The maximum atomic E-state index is 11.3. The summed E-state index contributed by atoms with van der Waals surface area (Å²) >= 11 is 0. The van der Waals surface area contributed by atoms with Gasteiger partial charge in [0.25, 0.3) is 0 Å². The lowest BCUT2D eigenvalue weighted by Gasteiger charge is -2.13. The van der Waals surface area contributed by atoms with Crippen molar-refractivity contribution in [1.82, 2.24) is 9.55 Å². The molecule has 0 saturated carbocycles. The third-order valence-electron chi connectivity index (χ3n) is 3.81. The summed E-state index contributed by atoms with van der Waals surface area (Å²) in [4.78, 5) is 15.8. The molecule has 118 valence electrons. The normalized spacial score (nSPS) is 10.9. The molecule has 1 aromatic heterocycles. The van der Waals surface area contributed by atoms with Crippen molar-refractivity contribution in [3.05, 3.63) is 53.9 Å². The molecular formula is C18H19N3O2. The predicted molar refractivity (Wildman–Crippen MR) is 90.7 cm³/mol. The van der Waals surface area contributed by atoms with Gasteiger partial charge >= 0.3 is 0 Å². The van der Waals surface area contributed by atoms with Gasteiger partial charge in [-0.15, -0.1) is 0 Å². The van der Waals surface area contributed by atoms with E-state index >= 15 is 0 Å². The van der Waals surface area contributed by atoms with Crippen LogP contribution in [-0.4, -0.2) is 20.6 Å². The molecule has 0 saturated heterocycles. The number of imidazole rings is 1. The average Bonchev–Trinajstić information content (AvgIpc) is 2.93. The van der Waals surface area contributed by atoms with Crippen LogP contribution in [0.15, 0.2) is 42.5 Å². The minimum absolute atomic E-state index is 0.0865. The minimum atomic E-state index is -0.135. The van der Waals surface area contributed by atoms with Crippen molar-refractivity contribution in [2.45, 2.75) is 26.9 Å². The number of aryl methyl sites for hydroxylation is 1. The Bertz CT molecular complexity index is 868. The molecule has 0 radical (unpaired) electrons. The summed E-state index contributed by atoms with van der Waals surface area (Å²) in [6.07, 6.45) is 0.796. The summed E-state index contributed by atoms with van der Waals surface area (Å²) in [5.41, 5.74) is 4.58. The molecule has 2 aromatic carbocycles. The molecule has 0 aliphatic rings. The Hall–Kier alpha value is -2.66. The SMILES string of the molecule is CCc1cc(-n2c(CO)nc3ccccc32)ccc1NC(C)=O. The van der Waals surface area contributed by atoms with Crippen molar-refractivity contribution >= 4 is 22.6 Å². The lowest BCUT2D eigenvalue weighted by molar-refractivity contribution is -0.114. The number of nitrogens with one attached hydrogen (secondary N) is 1. The number of aromatic nitrogens is 2. The number of para-hydroxylation sites is 2. The molecule has 0 bridgehead atoms. The van der Waals surface area contributed by atoms with Gasteiger partial charge in [-0.05, 0) is 42.3 Å². The quantitative estimate of drug-likeness (QED) is 0.778. The van der Waals surface area contributed by atoms with E-state index in [9.17, 15) is 9.90 Å². The van der Waals surface area contributed by atoms with E-state index in [-0.39, 0.29) is 12.5 Å². The van der Waals surface area contributed by atoms with Gasteiger partial charge in [0.2, 0.25) is 5.91 Å². The molecule has 3 aromatic rings. The van der Waals surface area contributed by atoms with Crippen molar-refractivity contribution in [2.75, 3.05) is 5.32 Å². The number of hydrogen-bond donors (Lipinski definition) is 2. The second-order valence-electron chi connectivity index (χ2n) is 5.39. The Morgan fingerprint density at radius 2 is 2.04 bits per heavy atom.